The largest absolute Gasteiger partial charge is 0.378 e. The summed E-state index contributed by atoms with van der Waals surface area (Å²) in [6.45, 7) is 5.42. The Morgan fingerprint density at radius 2 is 2.53 bits per heavy atom. The molecular weight excluding hydrogens is 268 g/mol. The molecule has 0 spiro atoms. The summed E-state index contributed by atoms with van der Waals surface area (Å²) in [5.41, 5.74) is 0. The average molecular weight is 289 g/mol. The third-order valence-electron chi connectivity index (χ3n) is 2.92. The predicted molar refractivity (Wildman–Crippen MR) is 74.3 cm³/mol. The van der Waals surface area contributed by atoms with Gasteiger partial charge >= 0.3 is 0 Å². The molecule has 0 saturated carbocycles. The number of hydrogen-bond acceptors (Lipinski definition) is 4. The lowest BCUT2D eigenvalue weighted by molar-refractivity contribution is -0.126. The van der Waals surface area contributed by atoms with Crippen LogP contribution in [0.5, 0.6) is 0 Å². The van der Waals surface area contributed by atoms with Gasteiger partial charge < -0.3 is 15.4 Å². The first-order valence-electron chi connectivity index (χ1n) is 6.32. The number of carbonyl (C=O) groups is 1. The van der Waals surface area contributed by atoms with Crippen molar-refractivity contribution in [2.24, 2.45) is 5.92 Å². The van der Waals surface area contributed by atoms with Gasteiger partial charge in [0.25, 0.3) is 0 Å². The van der Waals surface area contributed by atoms with Crippen LogP contribution in [0.25, 0.3) is 0 Å². The van der Waals surface area contributed by atoms with Crippen LogP contribution in [0.1, 0.15) is 6.92 Å². The van der Waals surface area contributed by atoms with Crippen LogP contribution in [0.15, 0.2) is 18.5 Å². The van der Waals surface area contributed by atoms with E-state index in [0.29, 0.717) is 25.7 Å². The van der Waals surface area contributed by atoms with Crippen molar-refractivity contribution in [1.29, 1.82) is 0 Å². The third kappa shape index (κ3) is 5.18. The lowest BCUT2D eigenvalue weighted by Crippen LogP contribution is -2.51. The number of amides is 1. The van der Waals surface area contributed by atoms with Crippen LogP contribution in [-0.2, 0) is 16.1 Å². The number of nitrogens with one attached hydrogen (secondary N) is 2. The van der Waals surface area contributed by atoms with Gasteiger partial charge in [-0.25, -0.2) is 0 Å². The van der Waals surface area contributed by atoms with E-state index in [1.807, 2.05) is 16.9 Å². The first-order valence-corrected chi connectivity index (χ1v) is 6.32. The number of halogens is 1. The summed E-state index contributed by atoms with van der Waals surface area (Å²) in [5.74, 6) is 0.361. The van der Waals surface area contributed by atoms with E-state index in [-0.39, 0.29) is 24.4 Å². The quantitative estimate of drug-likeness (QED) is 0.803. The van der Waals surface area contributed by atoms with Gasteiger partial charge in [0.1, 0.15) is 6.04 Å². The van der Waals surface area contributed by atoms with E-state index in [1.165, 1.54) is 0 Å². The zero-order valence-electron chi connectivity index (χ0n) is 11.0. The number of aromatic nitrogens is 2. The van der Waals surface area contributed by atoms with Crippen LogP contribution >= 0.6 is 12.4 Å². The molecular formula is C12H21ClN4O2. The highest BCUT2D eigenvalue weighted by atomic mass is 35.5. The maximum Gasteiger partial charge on any atom is 0.239 e. The van der Waals surface area contributed by atoms with Crippen LogP contribution in [0.2, 0.25) is 0 Å². The number of morpholine rings is 1. The maximum atomic E-state index is 11.8. The van der Waals surface area contributed by atoms with Gasteiger partial charge in [-0.3, -0.25) is 9.48 Å². The Balaban J connectivity index is 0.00000180. The molecule has 2 atom stereocenters. The monoisotopic (exact) mass is 288 g/mol. The van der Waals surface area contributed by atoms with Crippen LogP contribution in [0.4, 0.5) is 0 Å². The highest BCUT2D eigenvalue weighted by Gasteiger charge is 2.21. The van der Waals surface area contributed by atoms with E-state index >= 15 is 0 Å². The van der Waals surface area contributed by atoms with Gasteiger partial charge in [-0.1, -0.05) is 6.92 Å². The molecule has 2 N–H and O–H groups in total. The number of rotatable bonds is 5. The molecule has 2 rings (SSSR count). The topological polar surface area (TPSA) is 68.2 Å². The Morgan fingerprint density at radius 1 is 1.68 bits per heavy atom. The lowest BCUT2D eigenvalue weighted by atomic mass is 10.1. The number of nitrogens with zero attached hydrogens (tertiary/aromatic N) is 2. The fourth-order valence-electron chi connectivity index (χ4n) is 1.92. The SMILES string of the molecule is CC(CNC(=O)C1COCCN1)Cn1cccn1.Cl. The van der Waals surface area contributed by atoms with Crippen molar-refractivity contribution in [3.63, 3.8) is 0 Å². The molecule has 0 bridgehead atoms. The van der Waals surface area contributed by atoms with Crippen LogP contribution in [0.3, 0.4) is 0 Å². The van der Waals surface area contributed by atoms with Gasteiger partial charge in [-0.2, -0.15) is 5.10 Å². The molecule has 0 aromatic carbocycles. The Hall–Kier alpha value is -1.11. The van der Waals surface area contributed by atoms with Gasteiger partial charge in [-0.15, -0.1) is 12.4 Å². The normalized spacial score (nSPS) is 20.4. The van der Waals surface area contributed by atoms with Crippen LogP contribution < -0.4 is 10.6 Å². The fraction of sp³-hybridized carbons (Fsp3) is 0.667. The molecule has 1 aliphatic heterocycles. The van der Waals surface area contributed by atoms with Crippen molar-refractivity contribution in [3.8, 4) is 0 Å². The molecule has 6 nitrogen and oxygen atoms in total. The second-order valence-corrected chi connectivity index (χ2v) is 4.66. The van der Waals surface area contributed by atoms with Crippen molar-refractivity contribution in [3.05, 3.63) is 18.5 Å². The van der Waals surface area contributed by atoms with E-state index in [2.05, 4.69) is 22.7 Å². The Bertz CT molecular complexity index is 366. The van der Waals surface area contributed by atoms with Crippen molar-refractivity contribution < 1.29 is 9.53 Å². The molecule has 19 heavy (non-hydrogen) atoms. The Labute approximate surface area is 119 Å². The smallest absolute Gasteiger partial charge is 0.239 e. The van der Waals surface area contributed by atoms with Crippen molar-refractivity contribution >= 4 is 18.3 Å². The minimum absolute atomic E-state index is 0. The summed E-state index contributed by atoms with van der Waals surface area (Å²) in [5, 5.41) is 10.2. The molecule has 1 saturated heterocycles. The molecule has 7 heteroatoms. The zero-order valence-corrected chi connectivity index (χ0v) is 11.9. The van der Waals surface area contributed by atoms with Crippen LogP contribution in [0, 0.1) is 5.92 Å². The molecule has 1 aliphatic rings. The lowest BCUT2D eigenvalue weighted by Gasteiger charge is -2.23. The molecule has 2 heterocycles. The van der Waals surface area contributed by atoms with Crippen LogP contribution in [-0.4, -0.2) is 48.0 Å². The summed E-state index contributed by atoms with van der Waals surface area (Å²) in [6.07, 6.45) is 3.68. The minimum atomic E-state index is -0.212. The van der Waals surface area contributed by atoms with Gasteiger partial charge in [0.05, 0.1) is 13.2 Å². The molecule has 2 unspecified atom stereocenters. The van der Waals surface area contributed by atoms with E-state index in [4.69, 9.17) is 4.74 Å². The summed E-state index contributed by atoms with van der Waals surface area (Å²) in [6, 6.07) is 1.69. The number of carbonyl (C=O) groups excluding carboxylic acids is 1. The van der Waals surface area contributed by atoms with Crippen molar-refractivity contribution in [1.82, 2.24) is 20.4 Å². The second-order valence-electron chi connectivity index (χ2n) is 4.66. The first-order chi connectivity index (χ1) is 8.75. The van der Waals surface area contributed by atoms with Crippen molar-refractivity contribution in [2.75, 3.05) is 26.3 Å². The fourth-order valence-corrected chi connectivity index (χ4v) is 1.92. The molecule has 0 aliphatic carbocycles. The average Bonchev–Trinajstić information content (AvgIpc) is 2.90. The molecule has 1 aromatic heterocycles. The molecule has 1 aromatic rings. The first kappa shape index (κ1) is 15.9. The number of hydrogen-bond donors (Lipinski definition) is 2. The van der Waals surface area contributed by atoms with Gasteiger partial charge in [0.2, 0.25) is 5.91 Å². The Morgan fingerprint density at radius 3 is 3.16 bits per heavy atom. The van der Waals surface area contributed by atoms with E-state index in [0.717, 1.165) is 13.1 Å². The second kappa shape index (κ2) is 8.14. The summed E-state index contributed by atoms with van der Waals surface area (Å²) < 4.78 is 7.13. The maximum absolute atomic E-state index is 11.8. The molecule has 1 fully saturated rings. The molecule has 0 radical (unpaired) electrons. The van der Waals surface area contributed by atoms with Gasteiger partial charge in [-0.05, 0) is 12.0 Å². The molecule has 108 valence electrons. The minimum Gasteiger partial charge on any atom is -0.378 e. The summed E-state index contributed by atoms with van der Waals surface area (Å²) >= 11 is 0. The zero-order chi connectivity index (χ0) is 12.8. The standard InChI is InChI=1S/C12H20N4O2.ClH/c1-10(8-16-5-2-3-15-16)7-14-12(17)11-9-18-6-4-13-11;/h2-3,5,10-11,13H,4,6-9H2,1H3,(H,14,17);1H. The number of ether oxygens (including phenoxy) is 1. The van der Waals surface area contributed by atoms with Gasteiger partial charge in [0.15, 0.2) is 0 Å². The van der Waals surface area contributed by atoms with E-state index in [1.54, 1.807) is 6.20 Å². The van der Waals surface area contributed by atoms with Gasteiger partial charge in [0, 0.05) is 32.0 Å². The Kier molecular flexibility index (Phi) is 6.83. The van der Waals surface area contributed by atoms with E-state index in [9.17, 15) is 4.79 Å². The summed E-state index contributed by atoms with van der Waals surface area (Å²) in [7, 11) is 0. The van der Waals surface area contributed by atoms with E-state index < -0.39 is 0 Å². The third-order valence-corrected chi connectivity index (χ3v) is 2.92. The predicted octanol–water partition coefficient (Wildman–Crippen LogP) is 0.0456. The highest BCUT2D eigenvalue weighted by Crippen LogP contribution is 1.99. The summed E-state index contributed by atoms with van der Waals surface area (Å²) in [4.78, 5) is 11.8. The highest BCUT2D eigenvalue weighted by molar-refractivity contribution is 5.85. The molecule has 1 amide bonds. The van der Waals surface area contributed by atoms with Crippen molar-refractivity contribution in [2.45, 2.75) is 19.5 Å².